The molecule has 0 aromatic carbocycles. The summed E-state index contributed by atoms with van der Waals surface area (Å²) in [7, 11) is 0. The molecule has 0 radical (unpaired) electrons. The predicted octanol–water partition coefficient (Wildman–Crippen LogP) is 1.24. The molecule has 2 N–H and O–H groups in total. The summed E-state index contributed by atoms with van der Waals surface area (Å²) in [6.45, 7) is 4.73. The van der Waals surface area contributed by atoms with Crippen molar-refractivity contribution in [2.75, 3.05) is 6.54 Å². The summed E-state index contributed by atoms with van der Waals surface area (Å²) in [6.07, 6.45) is 3.75. The SMILES string of the molecule is CC(NCC1(C)CCC1)C(=O)O. The van der Waals surface area contributed by atoms with Crippen molar-refractivity contribution in [3.8, 4) is 0 Å². The van der Waals surface area contributed by atoms with Gasteiger partial charge in [-0.3, -0.25) is 4.79 Å². The molecule has 1 fully saturated rings. The van der Waals surface area contributed by atoms with E-state index in [4.69, 9.17) is 5.11 Å². The summed E-state index contributed by atoms with van der Waals surface area (Å²) in [6, 6.07) is -0.414. The number of nitrogens with one attached hydrogen (secondary N) is 1. The van der Waals surface area contributed by atoms with Crippen molar-refractivity contribution >= 4 is 5.97 Å². The van der Waals surface area contributed by atoms with Crippen LogP contribution < -0.4 is 5.32 Å². The number of carboxylic acids is 1. The molecular formula is C9H17NO2. The van der Waals surface area contributed by atoms with E-state index in [1.54, 1.807) is 6.92 Å². The minimum atomic E-state index is -0.766. The Morgan fingerprint density at radius 1 is 1.67 bits per heavy atom. The second kappa shape index (κ2) is 3.44. The van der Waals surface area contributed by atoms with E-state index in [2.05, 4.69) is 12.2 Å². The van der Waals surface area contributed by atoms with Crippen molar-refractivity contribution in [2.45, 2.75) is 39.2 Å². The van der Waals surface area contributed by atoms with Crippen LogP contribution in [0.5, 0.6) is 0 Å². The lowest BCUT2D eigenvalue weighted by Crippen LogP contribution is -2.43. The molecule has 0 heterocycles. The van der Waals surface area contributed by atoms with E-state index in [0.717, 1.165) is 6.54 Å². The maximum atomic E-state index is 10.5. The van der Waals surface area contributed by atoms with E-state index >= 15 is 0 Å². The van der Waals surface area contributed by atoms with Gasteiger partial charge in [0.25, 0.3) is 0 Å². The fourth-order valence-corrected chi connectivity index (χ4v) is 1.44. The molecule has 0 aliphatic heterocycles. The Bertz CT molecular complexity index is 175. The third kappa shape index (κ3) is 2.21. The van der Waals surface area contributed by atoms with Gasteiger partial charge in [0.05, 0.1) is 0 Å². The van der Waals surface area contributed by atoms with Gasteiger partial charge in [0.15, 0.2) is 0 Å². The van der Waals surface area contributed by atoms with Gasteiger partial charge in [0.1, 0.15) is 6.04 Å². The number of rotatable bonds is 4. The number of hydrogen-bond acceptors (Lipinski definition) is 2. The van der Waals surface area contributed by atoms with Gasteiger partial charge in [-0.05, 0) is 25.2 Å². The lowest BCUT2D eigenvalue weighted by molar-refractivity contribution is -0.139. The molecule has 0 amide bonds. The molecule has 1 unspecified atom stereocenters. The fourth-order valence-electron chi connectivity index (χ4n) is 1.44. The second-order valence-electron chi connectivity index (χ2n) is 4.11. The molecule has 0 aromatic rings. The molecule has 0 saturated heterocycles. The summed E-state index contributed by atoms with van der Waals surface area (Å²) in [5, 5.41) is 11.6. The average Bonchev–Trinajstić information content (AvgIpc) is 1.96. The first kappa shape index (κ1) is 9.52. The summed E-state index contributed by atoms with van der Waals surface area (Å²) < 4.78 is 0. The van der Waals surface area contributed by atoms with Crippen molar-refractivity contribution in [2.24, 2.45) is 5.41 Å². The van der Waals surface area contributed by atoms with Crippen molar-refractivity contribution in [3.05, 3.63) is 0 Å². The van der Waals surface area contributed by atoms with E-state index in [9.17, 15) is 4.79 Å². The van der Waals surface area contributed by atoms with Gasteiger partial charge in [-0.25, -0.2) is 0 Å². The molecule has 0 spiro atoms. The zero-order valence-electron chi connectivity index (χ0n) is 7.76. The highest BCUT2D eigenvalue weighted by Crippen LogP contribution is 2.39. The molecular weight excluding hydrogens is 154 g/mol. The largest absolute Gasteiger partial charge is 0.480 e. The van der Waals surface area contributed by atoms with Crippen LogP contribution in [0.15, 0.2) is 0 Å². The molecule has 12 heavy (non-hydrogen) atoms. The van der Waals surface area contributed by atoms with E-state index in [1.165, 1.54) is 19.3 Å². The van der Waals surface area contributed by atoms with E-state index in [-0.39, 0.29) is 0 Å². The normalized spacial score (nSPS) is 22.8. The molecule has 1 aliphatic carbocycles. The highest BCUT2D eigenvalue weighted by atomic mass is 16.4. The van der Waals surface area contributed by atoms with E-state index in [1.807, 2.05) is 0 Å². The third-order valence-electron chi connectivity index (χ3n) is 2.77. The first-order valence-corrected chi connectivity index (χ1v) is 4.50. The minimum absolute atomic E-state index is 0.365. The van der Waals surface area contributed by atoms with Gasteiger partial charge in [0, 0.05) is 6.54 Å². The Labute approximate surface area is 73.2 Å². The first-order chi connectivity index (χ1) is 5.53. The summed E-state index contributed by atoms with van der Waals surface area (Å²) in [5.41, 5.74) is 0.365. The van der Waals surface area contributed by atoms with E-state index < -0.39 is 12.0 Å². The number of hydrogen-bond donors (Lipinski definition) is 2. The van der Waals surface area contributed by atoms with E-state index in [0.29, 0.717) is 5.41 Å². The number of aliphatic carboxylic acids is 1. The smallest absolute Gasteiger partial charge is 0.320 e. The highest BCUT2D eigenvalue weighted by Gasteiger charge is 2.31. The number of carboxylic acid groups (broad SMARTS) is 1. The van der Waals surface area contributed by atoms with Crippen molar-refractivity contribution < 1.29 is 9.90 Å². The van der Waals surface area contributed by atoms with Gasteiger partial charge in [-0.2, -0.15) is 0 Å². The molecule has 1 saturated carbocycles. The molecule has 3 heteroatoms. The summed E-state index contributed by atoms with van der Waals surface area (Å²) in [5.74, 6) is -0.766. The van der Waals surface area contributed by atoms with Crippen LogP contribution in [0.1, 0.15) is 33.1 Å². The van der Waals surface area contributed by atoms with Crippen LogP contribution in [-0.4, -0.2) is 23.7 Å². The Morgan fingerprint density at radius 2 is 2.25 bits per heavy atom. The average molecular weight is 171 g/mol. The van der Waals surface area contributed by atoms with Crippen molar-refractivity contribution in [1.29, 1.82) is 0 Å². The monoisotopic (exact) mass is 171 g/mol. The maximum Gasteiger partial charge on any atom is 0.320 e. The summed E-state index contributed by atoms with van der Waals surface area (Å²) in [4.78, 5) is 10.5. The quantitative estimate of drug-likeness (QED) is 0.669. The fraction of sp³-hybridized carbons (Fsp3) is 0.889. The van der Waals surface area contributed by atoms with Crippen LogP contribution >= 0.6 is 0 Å². The Balaban J connectivity index is 2.20. The van der Waals surface area contributed by atoms with Crippen molar-refractivity contribution in [3.63, 3.8) is 0 Å². The van der Waals surface area contributed by atoms with Gasteiger partial charge < -0.3 is 10.4 Å². The molecule has 70 valence electrons. The molecule has 1 rings (SSSR count). The third-order valence-corrected chi connectivity index (χ3v) is 2.77. The van der Waals surface area contributed by atoms with Gasteiger partial charge in [-0.15, -0.1) is 0 Å². The topological polar surface area (TPSA) is 49.3 Å². The van der Waals surface area contributed by atoms with Gasteiger partial charge in [-0.1, -0.05) is 13.3 Å². The van der Waals surface area contributed by atoms with Crippen LogP contribution in [0.2, 0.25) is 0 Å². The lowest BCUT2D eigenvalue weighted by atomic mass is 9.70. The molecule has 3 nitrogen and oxygen atoms in total. The first-order valence-electron chi connectivity index (χ1n) is 4.50. The second-order valence-corrected chi connectivity index (χ2v) is 4.11. The van der Waals surface area contributed by atoms with Crippen molar-refractivity contribution in [1.82, 2.24) is 5.32 Å². The van der Waals surface area contributed by atoms with Crippen LogP contribution in [0.25, 0.3) is 0 Å². The molecule has 0 aromatic heterocycles. The maximum absolute atomic E-state index is 10.5. The standard InChI is InChI=1S/C9H17NO2/c1-7(8(11)12)10-6-9(2)4-3-5-9/h7,10H,3-6H2,1-2H3,(H,11,12). The Hall–Kier alpha value is -0.570. The van der Waals surface area contributed by atoms with Gasteiger partial charge in [0.2, 0.25) is 0 Å². The predicted molar refractivity (Wildman–Crippen MR) is 47.1 cm³/mol. The lowest BCUT2D eigenvalue weighted by Gasteiger charge is -2.39. The van der Waals surface area contributed by atoms with Gasteiger partial charge >= 0.3 is 5.97 Å². The Kier molecular flexibility index (Phi) is 2.73. The highest BCUT2D eigenvalue weighted by molar-refractivity contribution is 5.72. The minimum Gasteiger partial charge on any atom is -0.480 e. The summed E-state index contributed by atoms with van der Waals surface area (Å²) >= 11 is 0. The Morgan fingerprint density at radius 3 is 2.58 bits per heavy atom. The van der Waals surface area contributed by atoms with Crippen LogP contribution in [-0.2, 0) is 4.79 Å². The zero-order valence-corrected chi connectivity index (χ0v) is 7.76. The van der Waals surface area contributed by atoms with Crippen LogP contribution in [0.3, 0.4) is 0 Å². The number of carbonyl (C=O) groups is 1. The van der Waals surface area contributed by atoms with Crippen LogP contribution in [0.4, 0.5) is 0 Å². The molecule has 0 bridgehead atoms. The zero-order chi connectivity index (χ0) is 9.19. The van der Waals surface area contributed by atoms with Crippen LogP contribution in [0, 0.1) is 5.41 Å². The molecule has 1 atom stereocenters. The molecule has 1 aliphatic rings.